The standard InChI is InChI=1S/C11H20N4/c1-11(2,3)7-9-13-10-6-8(12)4-5-15(10)14-9/h8H,4-7,12H2,1-3H3. The summed E-state index contributed by atoms with van der Waals surface area (Å²) in [5.41, 5.74) is 6.15. The van der Waals surface area contributed by atoms with Crippen LogP contribution in [-0.4, -0.2) is 20.8 Å². The molecule has 84 valence electrons. The van der Waals surface area contributed by atoms with Crippen LogP contribution >= 0.6 is 0 Å². The van der Waals surface area contributed by atoms with Gasteiger partial charge in [0, 0.05) is 25.4 Å². The molecule has 0 radical (unpaired) electrons. The third-order valence-corrected chi connectivity index (χ3v) is 2.64. The Morgan fingerprint density at radius 1 is 1.47 bits per heavy atom. The highest BCUT2D eigenvalue weighted by atomic mass is 15.4. The van der Waals surface area contributed by atoms with Crippen LogP contribution in [0.4, 0.5) is 0 Å². The van der Waals surface area contributed by atoms with Crippen molar-refractivity contribution in [2.75, 3.05) is 0 Å². The SMILES string of the molecule is CC(C)(C)Cc1nc2n(n1)CCC(N)C2. The van der Waals surface area contributed by atoms with Crippen molar-refractivity contribution in [2.24, 2.45) is 11.1 Å². The van der Waals surface area contributed by atoms with Gasteiger partial charge in [0.1, 0.15) is 5.82 Å². The van der Waals surface area contributed by atoms with Gasteiger partial charge in [-0.1, -0.05) is 20.8 Å². The average molecular weight is 208 g/mol. The van der Waals surface area contributed by atoms with Crippen LogP contribution < -0.4 is 5.73 Å². The Balaban J connectivity index is 2.16. The molecule has 1 aliphatic rings. The summed E-state index contributed by atoms with van der Waals surface area (Å²) in [6, 6.07) is 0.268. The van der Waals surface area contributed by atoms with Gasteiger partial charge in [-0.15, -0.1) is 0 Å². The van der Waals surface area contributed by atoms with Crippen LogP contribution in [0.1, 0.15) is 38.8 Å². The van der Waals surface area contributed by atoms with Crippen molar-refractivity contribution in [3.63, 3.8) is 0 Å². The molecule has 1 aliphatic heterocycles. The van der Waals surface area contributed by atoms with Crippen LogP contribution in [0.3, 0.4) is 0 Å². The van der Waals surface area contributed by atoms with E-state index in [2.05, 4.69) is 30.9 Å². The van der Waals surface area contributed by atoms with Crippen LogP contribution in [0, 0.1) is 5.41 Å². The molecule has 0 spiro atoms. The monoisotopic (exact) mass is 208 g/mol. The molecule has 1 aromatic heterocycles. The molecular weight excluding hydrogens is 188 g/mol. The molecule has 2 rings (SSSR count). The Hall–Kier alpha value is -0.900. The fraction of sp³-hybridized carbons (Fsp3) is 0.818. The van der Waals surface area contributed by atoms with Gasteiger partial charge in [0.2, 0.25) is 0 Å². The largest absolute Gasteiger partial charge is 0.327 e. The summed E-state index contributed by atoms with van der Waals surface area (Å²) in [4.78, 5) is 4.56. The highest BCUT2D eigenvalue weighted by Gasteiger charge is 2.21. The molecule has 4 nitrogen and oxygen atoms in total. The number of aromatic nitrogens is 3. The van der Waals surface area contributed by atoms with Gasteiger partial charge < -0.3 is 5.73 Å². The van der Waals surface area contributed by atoms with E-state index in [0.717, 1.165) is 37.5 Å². The van der Waals surface area contributed by atoms with E-state index in [1.54, 1.807) is 0 Å². The Kier molecular flexibility index (Phi) is 2.54. The van der Waals surface area contributed by atoms with Crippen molar-refractivity contribution in [3.8, 4) is 0 Å². The highest BCUT2D eigenvalue weighted by molar-refractivity contribution is 5.00. The molecule has 0 aromatic carbocycles. The topological polar surface area (TPSA) is 56.7 Å². The summed E-state index contributed by atoms with van der Waals surface area (Å²) in [7, 11) is 0. The van der Waals surface area contributed by atoms with Crippen LogP contribution in [0.15, 0.2) is 0 Å². The van der Waals surface area contributed by atoms with Gasteiger partial charge in [-0.3, -0.25) is 0 Å². The first kappa shape index (κ1) is 10.6. The van der Waals surface area contributed by atoms with Crippen LogP contribution in [0.2, 0.25) is 0 Å². The quantitative estimate of drug-likeness (QED) is 0.753. The van der Waals surface area contributed by atoms with Crippen LogP contribution in [0.5, 0.6) is 0 Å². The molecule has 1 aromatic rings. The minimum Gasteiger partial charge on any atom is -0.327 e. The molecule has 0 fully saturated rings. The van der Waals surface area contributed by atoms with Crippen LogP contribution in [0.25, 0.3) is 0 Å². The van der Waals surface area contributed by atoms with Crippen molar-refractivity contribution in [1.82, 2.24) is 14.8 Å². The molecule has 1 unspecified atom stereocenters. The Morgan fingerprint density at radius 3 is 2.87 bits per heavy atom. The Labute approximate surface area is 90.9 Å². The van der Waals surface area contributed by atoms with Crippen molar-refractivity contribution in [1.29, 1.82) is 0 Å². The first-order valence-electron chi connectivity index (χ1n) is 5.62. The smallest absolute Gasteiger partial charge is 0.151 e. The lowest BCUT2D eigenvalue weighted by Crippen LogP contribution is -2.31. The molecule has 0 bridgehead atoms. The first-order valence-corrected chi connectivity index (χ1v) is 5.62. The summed E-state index contributed by atoms with van der Waals surface area (Å²) in [6.07, 6.45) is 2.82. The zero-order chi connectivity index (χ0) is 11.1. The van der Waals surface area contributed by atoms with Crippen molar-refractivity contribution >= 4 is 0 Å². The maximum Gasteiger partial charge on any atom is 0.151 e. The normalized spacial score (nSPS) is 21.5. The van der Waals surface area contributed by atoms with Crippen LogP contribution in [-0.2, 0) is 19.4 Å². The molecule has 2 heterocycles. The van der Waals surface area contributed by atoms with Gasteiger partial charge >= 0.3 is 0 Å². The third kappa shape index (κ3) is 2.56. The number of rotatable bonds is 1. The molecule has 4 heteroatoms. The number of hydrogen-bond acceptors (Lipinski definition) is 3. The highest BCUT2D eigenvalue weighted by Crippen LogP contribution is 2.20. The van der Waals surface area contributed by atoms with Gasteiger partial charge in [0.15, 0.2) is 5.82 Å². The third-order valence-electron chi connectivity index (χ3n) is 2.64. The predicted octanol–water partition coefficient (Wildman–Crippen LogP) is 1.14. The predicted molar refractivity (Wildman–Crippen MR) is 59.5 cm³/mol. The second-order valence-corrected chi connectivity index (χ2v) is 5.66. The molecule has 1 atom stereocenters. The van der Waals surface area contributed by atoms with E-state index in [1.165, 1.54) is 0 Å². The number of aryl methyl sites for hydroxylation is 1. The summed E-state index contributed by atoms with van der Waals surface area (Å²) >= 11 is 0. The van der Waals surface area contributed by atoms with Gasteiger partial charge in [0.05, 0.1) is 0 Å². The zero-order valence-corrected chi connectivity index (χ0v) is 9.82. The summed E-state index contributed by atoms with van der Waals surface area (Å²) in [5, 5.41) is 4.52. The van der Waals surface area contributed by atoms with E-state index < -0.39 is 0 Å². The van der Waals surface area contributed by atoms with E-state index in [-0.39, 0.29) is 11.5 Å². The first-order chi connectivity index (χ1) is 6.94. The fourth-order valence-electron chi connectivity index (χ4n) is 1.93. The lowest BCUT2D eigenvalue weighted by molar-refractivity contribution is 0.396. The van der Waals surface area contributed by atoms with Crippen molar-refractivity contribution < 1.29 is 0 Å². The van der Waals surface area contributed by atoms with E-state index in [4.69, 9.17) is 5.73 Å². The molecule has 0 amide bonds. The summed E-state index contributed by atoms with van der Waals surface area (Å²) in [6.45, 7) is 7.55. The van der Waals surface area contributed by atoms with E-state index in [9.17, 15) is 0 Å². The molecule has 0 aliphatic carbocycles. The lowest BCUT2D eigenvalue weighted by atomic mass is 9.92. The molecule has 0 saturated carbocycles. The van der Waals surface area contributed by atoms with Gasteiger partial charge in [-0.05, 0) is 11.8 Å². The van der Waals surface area contributed by atoms with E-state index in [0.29, 0.717) is 0 Å². The fourth-order valence-corrected chi connectivity index (χ4v) is 1.93. The molecular formula is C11H20N4. The lowest BCUT2D eigenvalue weighted by Gasteiger charge is -2.17. The zero-order valence-electron chi connectivity index (χ0n) is 9.82. The molecule has 0 saturated heterocycles. The minimum atomic E-state index is 0.250. The van der Waals surface area contributed by atoms with E-state index >= 15 is 0 Å². The maximum atomic E-state index is 5.90. The van der Waals surface area contributed by atoms with Crippen molar-refractivity contribution in [3.05, 3.63) is 11.6 Å². The molecule has 2 N–H and O–H groups in total. The summed E-state index contributed by atoms with van der Waals surface area (Å²) < 4.78 is 2.02. The molecule has 15 heavy (non-hydrogen) atoms. The summed E-state index contributed by atoms with van der Waals surface area (Å²) in [5.74, 6) is 2.03. The Bertz CT molecular complexity index is 348. The minimum absolute atomic E-state index is 0.250. The second-order valence-electron chi connectivity index (χ2n) is 5.66. The second kappa shape index (κ2) is 3.59. The van der Waals surface area contributed by atoms with Gasteiger partial charge in [-0.2, -0.15) is 5.10 Å². The van der Waals surface area contributed by atoms with Gasteiger partial charge in [0.25, 0.3) is 0 Å². The number of nitrogens with zero attached hydrogens (tertiary/aromatic N) is 3. The average Bonchev–Trinajstić information content (AvgIpc) is 2.42. The van der Waals surface area contributed by atoms with Gasteiger partial charge in [-0.25, -0.2) is 9.67 Å². The number of hydrogen-bond donors (Lipinski definition) is 1. The maximum absolute atomic E-state index is 5.90. The number of nitrogens with two attached hydrogens (primary N) is 1. The van der Waals surface area contributed by atoms with Crippen molar-refractivity contribution in [2.45, 2.75) is 52.6 Å². The number of fused-ring (bicyclic) bond motifs is 1. The Morgan fingerprint density at radius 2 is 2.20 bits per heavy atom. The van der Waals surface area contributed by atoms with E-state index in [1.807, 2.05) is 4.68 Å².